The molecule has 11 nitrogen and oxygen atoms in total. The van der Waals surface area contributed by atoms with Gasteiger partial charge < -0.3 is 25.4 Å². The normalized spacial score (nSPS) is 13.2. The summed E-state index contributed by atoms with van der Waals surface area (Å²) >= 11 is 0. The first-order valence-corrected chi connectivity index (χ1v) is 13.6. The highest BCUT2D eigenvalue weighted by atomic mass is 19.1. The fourth-order valence-electron chi connectivity index (χ4n) is 5.01. The maximum absolute atomic E-state index is 13.7. The van der Waals surface area contributed by atoms with Crippen molar-refractivity contribution < 1.29 is 23.5 Å². The minimum atomic E-state index is -0.523. The van der Waals surface area contributed by atoms with E-state index in [2.05, 4.69) is 20.5 Å². The van der Waals surface area contributed by atoms with Gasteiger partial charge in [-0.1, -0.05) is 24.3 Å². The average molecular weight is 582 g/mol. The Bertz CT molecular complexity index is 1800. The number of nitrogens with two attached hydrogens (primary N) is 1. The zero-order chi connectivity index (χ0) is 29.9. The van der Waals surface area contributed by atoms with Gasteiger partial charge >= 0.3 is 0 Å². The van der Waals surface area contributed by atoms with E-state index < -0.39 is 11.7 Å². The molecule has 3 aromatic heterocycles. The molecule has 43 heavy (non-hydrogen) atoms. The van der Waals surface area contributed by atoms with Crippen LogP contribution < -0.4 is 15.8 Å². The van der Waals surface area contributed by atoms with Crippen LogP contribution in [0.15, 0.2) is 67.0 Å². The summed E-state index contributed by atoms with van der Waals surface area (Å²) < 4.78 is 24.2. The van der Waals surface area contributed by atoms with Gasteiger partial charge in [0.2, 0.25) is 0 Å². The molecule has 0 bridgehead atoms. The van der Waals surface area contributed by atoms with Gasteiger partial charge in [0.15, 0.2) is 5.82 Å². The molecule has 2 aromatic carbocycles. The number of benzene rings is 2. The molecule has 0 radical (unpaired) electrons. The van der Waals surface area contributed by atoms with Crippen molar-refractivity contribution in [1.82, 2.24) is 30.4 Å². The molecule has 0 aliphatic carbocycles. The van der Waals surface area contributed by atoms with Crippen LogP contribution >= 0.6 is 0 Å². The Morgan fingerprint density at radius 1 is 1.07 bits per heavy atom. The Morgan fingerprint density at radius 2 is 1.86 bits per heavy atom. The number of anilines is 1. The molecule has 4 N–H and O–H groups in total. The first kappa shape index (κ1) is 27.8. The smallest absolute Gasteiger partial charge is 0.255 e. The molecule has 0 saturated carbocycles. The number of hydrogen-bond acceptors (Lipinski definition) is 8. The lowest BCUT2D eigenvalue weighted by molar-refractivity contribution is 0.0302. The quantitative estimate of drug-likeness (QED) is 0.263. The lowest BCUT2D eigenvalue weighted by atomic mass is 10.0. The molecule has 218 valence electrons. The zero-order valence-electron chi connectivity index (χ0n) is 23.3. The van der Waals surface area contributed by atoms with Crippen molar-refractivity contribution in [3.63, 3.8) is 0 Å². The van der Waals surface area contributed by atoms with Gasteiger partial charge in [-0.15, -0.1) is 0 Å². The molecule has 1 saturated heterocycles. The van der Waals surface area contributed by atoms with Crippen LogP contribution in [0.3, 0.4) is 0 Å². The van der Waals surface area contributed by atoms with Crippen molar-refractivity contribution in [1.29, 1.82) is 0 Å². The van der Waals surface area contributed by atoms with Gasteiger partial charge in [-0.3, -0.25) is 24.7 Å². The number of nitrogens with one attached hydrogen (secondary N) is 2. The maximum Gasteiger partial charge on any atom is 0.255 e. The highest BCUT2D eigenvalue weighted by Crippen LogP contribution is 2.35. The number of aromatic amines is 1. The predicted molar refractivity (Wildman–Crippen MR) is 158 cm³/mol. The molecule has 12 heteroatoms. The summed E-state index contributed by atoms with van der Waals surface area (Å²) in [6.07, 6.45) is 3.26. The topological polar surface area (TPSA) is 148 Å². The van der Waals surface area contributed by atoms with Crippen LogP contribution in [0.2, 0.25) is 0 Å². The molecular formula is C31H28FN7O4. The van der Waals surface area contributed by atoms with Gasteiger partial charge in [0.1, 0.15) is 11.6 Å². The summed E-state index contributed by atoms with van der Waals surface area (Å²) in [5, 5.41) is 10.7. The molecule has 0 unspecified atom stereocenters. The van der Waals surface area contributed by atoms with Crippen LogP contribution in [0.5, 0.6) is 5.75 Å². The molecule has 0 spiro atoms. The highest BCUT2D eigenvalue weighted by Gasteiger charge is 2.21. The second-order valence-corrected chi connectivity index (χ2v) is 9.94. The number of carbonyl (C=O) groups excluding carboxylic acids is 2. The molecule has 1 aliphatic heterocycles. The van der Waals surface area contributed by atoms with E-state index in [1.54, 1.807) is 29.4 Å². The first-order valence-electron chi connectivity index (χ1n) is 13.6. The number of amides is 2. The van der Waals surface area contributed by atoms with Crippen LogP contribution in [0.4, 0.5) is 10.2 Å². The largest absolute Gasteiger partial charge is 0.496 e. The molecule has 6 rings (SSSR count). The molecule has 2 amide bonds. The molecule has 5 aromatic rings. The van der Waals surface area contributed by atoms with Crippen molar-refractivity contribution in [2.45, 2.75) is 6.54 Å². The fourth-order valence-corrected chi connectivity index (χ4v) is 5.01. The van der Waals surface area contributed by atoms with Crippen molar-refractivity contribution in [2.75, 3.05) is 39.1 Å². The van der Waals surface area contributed by atoms with Gasteiger partial charge in [-0.2, -0.15) is 5.10 Å². The van der Waals surface area contributed by atoms with E-state index in [4.69, 9.17) is 20.2 Å². The van der Waals surface area contributed by atoms with E-state index in [0.717, 1.165) is 17.2 Å². The number of nitrogens with zero attached hydrogens (tertiary/aromatic N) is 4. The summed E-state index contributed by atoms with van der Waals surface area (Å²) in [4.78, 5) is 36.5. The van der Waals surface area contributed by atoms with Crippen LogP contribution in [0, 0.1) is 5.82 Å². The van der Waals surface area contributed by atoms with Crippen LogP contribution in [-0.4, -0.2) is 70.3 Å². The number of halogens is 1. The van der Waals surface area contributed by atoms with E-state index in [1.165, 1.54) is 19.2 Å². The number of carbonyl (C=O) groups is 2. The molecule has 0 atom stereocenters. The van der Waals surface area contributed by atoms with Crippen LogP contribution in [-0.2, 0) is 11.3 Å². The van der Waals surface area contributed by atoms with E-state index in [1.807, 2.05) is 24.3 Å². The summed E-state index contributed by atoms with van der Waals surface area (Å²) in [5.41, 5.74) is 11.1. The maximum atomic E-state index is 13.7. The predicted octanol–water partition coefficient (Wildman–Crippen LogP) is 3.82. The monoisotopic (exact) mass is 581 g/mol. The highest BCUT2D eigenvalue weighted by molar-refractivity contribution is 6.06. The Labute approximate surface area is 245 Å². The van der Waals surface area contributed by atoms with E-state index in [-0.39, 0.29) is 23.8 Å². The van der Waals surface area contributed by atoms with Crippen molar-refractivity contribution in [2.24, 2.45) is 0 Å². The lowest BCUT2D eigenvalue weighted by Gasteiger charge is -2.26. The Kier molecular flexibility index (Phi) is 7.67. The second-order valence-electron chi connectivity index (χ2n) is 9.94. The molecular weight excluding hydrogens is 553 g/mol. The Hall–Kier alpha value is -5.36. The summed E-state index contributed by atoms with van der Waals surface area (Å²) in [7, 11) is 1.43. The Balaban J connectivity index is 1.21. The number of morpholine rings is 1. The zero-order valence-corrected chi connectivity index (χ0v) is 23.3. The Morgan fingerprint density at radius 3 is 2.58 bits per heavy atom. The number of hydrogen-bond donors (Lipinski definition) is 3. The molecule has 1 fully saturated rings. The molecule has 4 heterocycles. The average Bonchev–Trinajstić information content (AvgIpc) is 3.45. The van der Waals surface area contributed by atoms with E-state index in [0.29, 0.717) is 65.5 Å². The number of rotatable bonds is 7. The first-order chi connectivity index (χ1) is 20.9. The molecule has 1 aliphatic rings. The number of nitrogen functional groups attached to an aromatic ring is 1. The minimum absolute atomic E-state index is 0.0801. The van der Waals surface area contributed by atoms with Crippen LogP contribution in [0.25, 0.3) is 33.4 Å². The van der Waals surface area contributed by atoms with Crippen molar-refractivity contribution in [3.05, 3.63) is 89.5 Å². The number of fused-ring (bicyclic) bond motifs is 1. The van der Waals surface area contributed by atoms with Crippen LogP contribution in [0.1, 0.15) is 26.3 Å². The van der Waals surface area contributed by atoms with E-state index >= 15 is 0 Å². The van der Waals surface area contributed by atoms with Crippen molar-refractivity contribution in [3.8, 4) is 28.3 Å². The number of methoxy groups -OCH3 is 1. The third kappa shape index (κ3) is 5.60. The SMILES string of the molecule is COc1ccc(F)cc1C(=O)NCc1ccc(-c2ncc(-c3ccc(C(=O)N4CCOCC4)cn3)c3[nH]nc(N)c23)cc1. The standard InChI is InChI=1S/C31H28FN7O4/c1-42-25-9-7-21(32)14-22(25)30(40)36-15-18-2-4-19(5-3-18)27-26-28(37-38-29(26)33)23(17-35-27)24-8-6-20(16-34-24)31(41)39-10-12-43-13-11-39/h2-9,14,16-17H,10-13,15H2,1H3,(H,36,40)(H3,33,37,38). The van der Waals surface area contributed by atoms with E-state index in [9.17, 15) is 14.0 Å². The lowest BCUT2D eigenvalue weighted by Crippen LogP contribution is -2.40. The third-order valence-corrected chi connectivity index (χ3v) is 7.29. The number of pyridine rings is 2. The van der Waals surface area contributed by atoms with Gasteiger partial charge in [0, 0.05) is 43.2 Å². The third-order valence-electron chi connectivity index (χ3n) is 7.29. The number of H-pyrrole nitrogens is 1. The fraction of sp³-hybridized carbons (Fsp3) is 0.194. The summed E-state index contributed by atoms with van der Waals surface area (Å²) in [6.45, 7) is 2.39. The number of ether oxygens (including phenoxy) is 2. The van der Waals surface area contributed by atoms with Gasteiger partial charge in [-0.25, -0.2) is 4.39 Å². The summed E-state index contributed by atoms with van der Waals surface area (Å²) in [5.74, 6) is -0.469. The minimum Gasteiger partial charge on any atom is -0.496 e. The number of aromatic nitrogens is 4. The van der Waals surface area contributed by atoms with Crippen molar-refractivity contribution >= 4 is 28.5 Å². The van der Waals surface area contributed by atoms with Gasteiger partial charge in [0.05, 0.1) is 53.7 Å². The van der Waals surface area contributed by atoms with Gasteiger partial charge in [-0.05, 0) is 35.9 Å². The second kappa shape index (κ2) is 11.9. The summed E-state index contributed by atoms with van der Waals surface area (Å²) in [6, 6.07) is 14.8. The van der Waals surface area contributed by atoms with Gasteiger partial charge in [0.25, 0.3) is 11.8 Å².